The van der Waals surface area contributed by atoms with Crippen molar-refractivity contribution < 1.29 is 27.5 Å². The van der Waals surface area contributed by atoms with Crippen molar-refractivity contribution in [3.05, 3.63) is 59.6 Å². The third-order valence-corrected chi connectivity index (χ3v) is 3.07. The van der Waals surface area contributed by atoms with Gasteiger partial charge >= 0.3 is 5.97 Å². The summed E-state index contributed by atoms with van der Waals surface area (Å²) in [6, 6.07) is 6.17. The number of nitrogens with one attached hydrogen (secondary N) is 1. The number of furan rings is 1. The van der Waals surface area contributed by atoms with Crippen LogP contribution < -0.4 is 5.32 Å². The van der Waals surface area contributed by atoms with E-state index in [1.165, 1.54) is 13.2 Å². The molecule has 1 N–H and O–H groups in total. The van der Waals surface area contributed by atoms with Gasteiger partial charge in [-0.25, -0.2) is 8.78 Å². The van der Waals surface area contributed by atoms with E-state index in [0.29, 0.717) is 24.0 Å². The Morgan fingerprint density at radius 2 is 2.04 bits per heavy atom. The quantitative estimate of drug-likeness (QED) is 0.649. The molecule has 0 aliphatic heterocycles. The van der Waals surface area contributed by atoms with Crippen molar-refractivity contribution in [3.8, 4) is 0 Å². The second kappa shape index (κ2) is 8.05. The van der Waals surface area contributed by atoms with Gasteiger partial charge in [-0.2, -0.15) is 0 Å². The fraction of sp³-hybridized carbons (Fsp3) is 0.176. The topological polar surface area (TPSA) is 68.5 Å². The van der Waals surface area contributed by atoms with E-state index in [4.69, 9.17) is 4.42 Å². The van der Waals surface area contributed by atoms with Crippen LogP contribution in [0.25, 0.3) is 6.08 Å². The molecule has 2 rings (SSSR count). The fourth-order valence-corrected chi connectivity index (χ4v) is 1.87. The second-order valence-corrected chi connectivity index (χ2v) is 4.83. The molecule has 126 valence electrons. The van der Waals surface area contributed by atoms with Crippen molar-refractivity contribution in [1.29, 1.82) is 0 Å². The maximum atomic E-state index is 13.4. The normalized spacial score (nSPS) is 10.8. The molecule has 0 aliphatic rings. The summed E-state index contributed by atoms with van der Waals surface area (Å²) in [6.07, 6.45) is 3.13. The number of ether oxygens (including phenoxy) is 1. The first-order valence-corrected chi connectivity index (χ1v) is 7.07. The van der Waals surface area contributed by atoms with Crippen molar-refractivity contribution in [2.24, 2.45) is 0 Å². The van der Waals surface area contributed by atoms with Crippen molar-refractivity contribution in [3.63, 3.8) is 0 Å². The van der Waals surface area contributed by atoms with E-state index in [-0.39, 0.29) is 18.1 Å². The minimum Gasteiger partial charge on any atom is -0.469 e. The largest absolute Gasteiger partial charge is 0.469 e. The molecule has 0 fully saturated rings. The van der Waals surface area contributed by atoms with Gasteiger partial charge < -0.3 is 14.5 Å². The zero-order chi connectivity index (χ0) is 17.5. The summed E-state index contributed by atoms with van der Waals surface area (Å²) in [5, 5.41) is 2.29. The Kier molecular flexibility index (Phi) is 5.83. The van der Waals surface area contributed by atoms with Gasteiger partial charge in [0.2, 0.25) is 5.91 Å². The molecule has 7 heteroatoms. The van der Waals surface area contributed by atoms with Gasteiger partial charge in [-0.1, -0.05) is 0 Å². The predicted octanol–water partition coefficient (Wildman–Crippen LogP) is 3.32. The van der Waals surface area contributed by atoms with Crippen LogP contribution in [0.5, 0.6) is 0 Å². The van der Waals surface area contributed by atoms with Crippen molar-refractivity contribution >= 4 is 23.6 Å². The minimum absolute atomic E-state index is 0.121. The summed E-state index contributed by atoms with van der Waals surface area (Å²) in [6.45, 7) is 0. The molecule has 2 aromatic rings. The van der Waals surface area contributed by atoms with Gasteiger partial charge in [-0.3, -0.25) is 9.59 Å². The highest BCUT2D eigenvalue weighted by Gasteiger charge is 2.07. The van der Waals surface area contributed by atoms with E-state index >= 15 is 0 Å². The Morgan fingerprint density at radius 1 is 1.25 bits per heavy atom. The Balaban J connectivity index is 1.91. The van der Waals surface area contributed by atoms with Gasteiger partial charge in [-0.05, 0) is 30.3 Å². The fourth-order valence-electron chi connectivity index (χ4n) is 1.87. The van der Waals surface area contributed by atoms with Crippen LogP contribution in [0.2, 0.25) is 0 Å². The predicted molar refractivity (Wildman–Crippen MR) is 83.1 cm³/mol. The summed E-state index contributed by atoms with van der Waals surface area (Å²) >= 11 is 0. The number of amides is 1. The molecule has 24 heavy (non-hydrogen) atoms. The lowest BCUT2D eigenvalue weighted by Crippen LogP contribution is -2.09. The summed E-state index contributed by atoms with van der Waals surface area (Å²) < 4.78 is 36.2. The number of methoxy groups -OCH3 is 1. The van der Waals surface area contributed by atoms with Crippen LogP contribution in [0.1, 0.15) is 17.9 Å². The van der Waals surface area contributed by atoms with E-state index < -0.39 is 17.5 Å². The molecule has 1 amide bonds. The van der Waals surface area contributed by atoms with Crippen LogP contribution >= 0.6 is 0 Å². The summed E-state index contributed by atoms with van der Waals surface area (Å²) in [4.78, 5) is 22.8. The zero-order valence-electron chi connectivity index (χ0n) is 12.8. The van der Waals surface area contributed by atoms with E-state index in [2.05, 4.69) is 10.1 Å². The Hall–Kier alpha value is -2.96. The molecule has 0 aliphatic carbocycles. The number of anilines is 1. The molecular formula is C17H15F2NO4. The van der Waals surface area contributed by atoms with Gasteiger partial charge in [-0.15, -0.1) is 0 Å². The van der Waals surface area contributed by atoms with Crippen LogP contribution in [0.4, 0.5) is 14.5 Å². The highest BCUT2D eigenvalue weighted by Crippen LogP contribution is 2.15. The molecule has 0 saturated heterocycles. The molecule has 0 radical (unpaired) electrons. The number of hydrogen-bond donors (Lipinski definition) is 1. The first-order chi connectivity index (χ1) is 11.5. The van der Waals surface area contributed by atoms with E-state index in [0.717, 1.165) is 18.2 Å². The first kappa shape index (κ1) is 17.4. The van der Waals surface area contributed by atoms with E-state index in [1.54, 1.807) is 12.1 Å². The molecule has 1 heterocycles. The molecule has 0 atom stereocenters. The second-order valence-electron chi connectivity index (χ2n) is 4.83. The Bertz CT molecular complexity index is 768. The number of carbonyl (C=O) groups excluding carboxylic acids is 2. The standard InChI is InChI=1S/C17H15F2NO4/c1-23-17(22)9-6-13-4-3-12(24-13)5-8-16(21)20-15-7-2-11(18)10-14(15)19/h2-5,7-8,10H,6,9H2,1H3,(H,20,21)/b8-5+. The highest BCUT2D eigenvalue weighted by atomic mass is 19.1. The molecule has 0 spiro atoms. The van der Waals surface area contributed by atoms with Crippen molar-refractivity contribution in [2.75, 3.05) is 12.4 Å². The smallest absolute Gasteiger partial charge is 0.305 e. The number of aryl methyl sites for hydroxylation is 1. The summed E-state index contributed by atoms with van der Waals surface area (Å²) in [7, 11) is 1.31. The number of halogens is 2. The SMILES string of the molecule is COC(=O)CCc1ccc(/C=C/C(=O)Nc2ccc(F)cc2F)o1. The van der Waals surface area contributed by atoms with Gasteiger partial charge in [0.15, 0.2) is 0 Å². The lowest BCUT2D eigenvalue weighted by atomic mass is 10.2. The Labute approximate surface area is 136 Å². The number of rotatable bonds is 6. The molecule has 0 bridgehead atoms. The lowest BCUT2D eigenvalue weighted by Gasteiger charge is -2.03. The summed E-state index contributed by atoms with van der Waals surface area (Å²) in [5.41, 5.74) is -0.121. The van der Waals surface area contributed by atoms with Gasteiger partial charge in [0.1, 0.15) is 23.2 Å². The monoisotopic (exact) mass is 335 g/mol. The molecule has 1 aromatic carbocycles. The number of benzene rings is 1. The van der Waals surface area contributed by atoms with Crippen molar-refractivity contribution in [2.45, 2.75) is 12.8 Å². The van der Waals surface area contributed by atoms with Crippen LogP contribution in [0.3, 0.4) is 0 Å². The first-order valence-electron chi connectivity index (χ1n) is 7.07. The van der Waals surface area contributed by atoms with E-state index in [9.17, 15) is 18.4 Å². The molecular weight excluding hydrogens is 320 g/mol. The molecule has 0 unspecified atom stereocenters. The maximum absolute atomic E-state index is 13.4. The molecule has 1 aromatic heterocycles. The number of esters is 1. The molecule has 0 saturated carbocycles. The Morgan fingerprint density at radius 3 is 2.75 bits per heavy atom. The van der Waals surface area contributed by atoms with Crippen LogP contribution in [-0.2, 0) is 20.7 Å². The van der Waals surface area contributed by atoms with Gasteiger partial charge in [0.25, 0.3) is 0 Å². The van der Waals surface area contributed by atoms with Crippen molar-refractivity contribution in [1.82, 2.24) is 0 Å². The molecule has 5 nitrogen and oxygen atoms in total. The summed E-state index contributed by atoms with van der Waals surface area (Å²) in [5.74, 6) is -1.54. The third kappa shape index (κ3) is 5.05. The zero-order valence-corrected chi connectivity index (χ0v) is 12.8. The third-order valence-electron chi connectivity index (χ3n) is 3.07. The van der Waals surface area contributed by atoms with E-state index in [1.807, 2.05) is 0 Å². The number of hydrogen-bond acceptors (Lipinski definition) is 4. The maximum Gasteiger partial charge on any atom is 0.305 e. The average Bonchev–Trinajstić information content (AvgIpc) is 3.01. The highest BCUT2D eigenvalue weighted by molar-refractivity contribution is 6.01. The lowest BCUT2D eigenvalue weighted by molar-refractivity contribution is -0.140. The van der Waals surface area contributed by atoms with Gasteiger partial charge in [0, 0.05) is 18.6 Å². The van der Waals surface area contributed by atoms with Crippen LogP contribution in [-0.4, -0.2) is 19.0 Å². The minimum atomic E-state index is -0.861. The van der Waals surface area contributed by atoms with Crippen LogP contribution in [0, 0.1) is 11.6 Å². The number of carbonyl (C=O) groups is 2. The van der Waals surface area contributed by atoms with Gasteiger partial charge in [0.05, 0.1) is 19.2 Å². The average molecular weight is 335 g/mol. The van der Waals surface area contributed by atoms with Crippen LogP contribution in [0.15, 0.2) is 40.8 Å².